The zero-order chi connectivity index (χ0) is 19.5. The number of hydrogen-bond donors (Lipinski definition) is 0. The van der Waals surface area contributed by atoms with E-state index in [2.05, 4.69) is 20.8 Å². The summed E-state index contributed by atoms with van der Waals surface area (Å²) in [6, 6.07) is 0. The molecular formula is C22H42O4. The molecule has 0 heterocycles. The van der Waals surface area contributed by atoms with Crippen LogP contribution >= 0.6 is 0 Å². The van der Waals surface area contributed by atoms with Crippen molar-refractivity contribution in [3.63, 3.8) is 0 Å². The lowest BCUT2D eigenvalue weighted by atomic mass is 10.1. The maximum atomic E-state index is 11.6. The topological polar surface area (TPSA) is 52.6 Å². The van der Waals surface area contributed by atoms with Crippen molar-refractivity contribution in [2.75, 3.05) is 13.2 Å². The first-order valence-corrected chi connectivity index (χ1v) is 10.9. The van der Waals surface area contributed by atoms with Crippen LogP contribution in [-0.4, -0.2) is 25.2 Å². The number of carbonyl (C=O) groups excluding carboxylic acids is 2. The summed E-state index contributed by atoms with van der Waals surface area (Å²) in [7, 11) is 0. The summed E-state index contributed by atoms with van der Waals surface area (Å²) >= 11 is 0. The summed E-state index contributed by atoms with van der Waals surface area (Å²) in [5.74, 6) is 0.199. The van der Waals surface area contributed by atoms with E-state index in [0.717, 1.165) is 38.5 Å². The van der Waals surface area contributed by atoms with Gasteiger partial charge in [-0.3, -0.25) is 9.59 Å². The second-order valence-corrected chi connectivity index (χ2v) is 7.45. The van der Waals surface area contributed by atoms with Crippen molar-refractivity contribution < 1.29 is 19.1 Å². The Bertz CT molecular complexity index is 341. The van der Waals surface area contributed by atoms with E-state index in [9.17, 15) is 9.59 Å². The molecule has 0 spiro atoms. The molecule has 1 atom stereocenters. The molecule has 0 aromatic carbocycles. The Kier molecular flexibility index (Phi) is 18.0. The van der Waals surface area contributed by atoms with Crippen LogP contribution < -0.4 is 0 Å². The van der Waals surface area contributed by atoms with Gasteiger partial charge in [-0.15, -0.1) is 0 Å². The first-order valence-electron chi connectivity index (χ1n) is 10.9. The molecule has 4 heteroatoms. The van der Waals surface area contributed by atoms with Gasteiger partial charge in [-0.25, -0.2) is 0 Å². The zero-order valence-electron chi connectivity index (χ0n) is 17.5. The summed E-state index contributed by atoms with van der Waals surface area (Å²) in [4.78, 5) is 23.2. The molecule has 0 rings (SSSR count). The number of esters is 2. The van der Waals surface area contributed by atoms with Crippen LogP contribution in [0.5, 0.6) is 0 Å². The molecule has 4 nitrogen and oxygen atoms in total. The minimum absolute atomic E-state index is 0.104. The molecular weight excluding hydrogens is 328 g/mol. The molecule has 0 aromatic rings. The quantitative estimate of drug-likeness (QED) is 0.212. The number of carbonyl (C=O) groups is 2. The standard InChI is InChI=1S/C22H42O4/c1-4-6-7-8-9-10-11-15-18-25-21(23)16-13-12-14-17-22(24)26-19-20(3)5-2/h20H,4-19H2,1-3H3. The zero-order valence-corrected chi connectivity index (χ0v) is 17.5. The Labute approximate surface area is 161 Å². The molecule has 26 heavy (non-hydrogen) atoms. The molecule has 0 N–H and O–H groups in total. The van der Waals surface area contributed by atoms with Crippen LogP contribution in [0.15, 0.2) is 0 Å². The summed E-state index contributed by atoms with van der Waals surface area (Å²) < 4.78 is 10.5. The highest BCUT2D eigenvalue weighted by Gasteiger charge is 2.07. The molecule has 0 fully saturated rings. The lowest BCUT2D eigenvalue weighted by molar-refractivity contribution is -0.145. The van der Waals surface area contributed by atoms with E-state index < -0.39 is 0 Å². The van der Waals surface area contributed by atoms with Crippen LogP contribution in [0.25, 0.3) is 0 Å². The predicted molar refractivity (Wildman–Crippen MR) is 107 cm³/mol. The van der Waals surface area contributed by atoms with Crippen molar-refractivity contribution in [2.24, 2.45) is 5.92 Å². The Morgan fingerprint density at radius 3 is 1.77 bits per heavy atom. The van der Waals surface area contributed by atoms with E-state index >= 15 is 0 Å². The second kappa shape index (κ2) is 18.7. The normalized spacial score (nSPS) is 12.0. The van der Waals surface area contributed by atoms with Crippen molar-refractivity contribution in [2.45, 2.75) is 111 Å². The third-order valence-electron chi connectivity index (χ3n) is 4.75. The van der Waals surface area contributed by atoms with Crippen molar-refractivity contribution >= 4 is 11.9 Å². The second-order valence-electron chi connectivity index (χ2n) is 7.45. The summed E-state index contributed by atoms with van der Waals surface area (Å²) in [6.45, 7) is 7.46. The van der Waals surface area contributed by atoms with E-state index in [1.807, 2.05) is 0 Å². The molecule has 154 valence electrons. The molecule has 0 aliphatic heterocycles. The maximum absolute atomic E-state index is 11.6. The molecule has 0 radical (unpaired) electrons. The molecule has 1 unspecified atom stereocenters. The van der Waals surface area contributed by atoms with Gasteiger partial charge in [0.2, 0.25) is 0 Å². The first kappa shape index (κ1) is 24.9. The number of hydrogen-bond acceptors (Lipinski definition) is 4. The minimum atomic E-state index is -0.123. The molecule has 0 bridgehead atoms. The SMILES string of the molecule is CCCCCCCCCCOC(=O)CCCCCC(=O)OCC(C)CC. The lowest BCUT2D eigenvalue weighted by Crippen LogP contribution is -2.11. The van der Waals surface area contributed by atoms with Crippen molar-refractivity contribution in [1.82, 2.24) is 0 Å². The van der Waals surface area contributed by atoms with E-state index in [-0.39, 0.29) is 11.9 Å². The van der Waals surface area contributed by atoms with Crippen molar-refractivity contribution in [3.05, 3.63) is 0 Å². The third-order valence-corrected chi connectivity index (χ3v) is 4.75. The molecule has 0 saturated heterocycles. The highest BCUT2D eigenvalue weighted by Crippen LogP contribution is 2.09. The fourth-order valence-corrected chi connectivity index (χ4v) is 2.63. The van der Waals surface area contributed by atoms with Crippen LogP contribution in [-0.2, 0) is 19.1 Å². The smallest absolute Gasteiger partial charge is 0.305 e. The highest BCUT2D eigenvalue weighted by molar-refractivity contribution is 5.69. The van der Waals surface area contributed by atoms with Gasteiger partial charge in [-0.1, -0.05) is 78.6 Å². The number of unbranched alkanes of at least 4 members (excludes halogenated alkanes) is 9. The Morgan fingerprint density at radius 2 is 1.19 bits per heavy atom. The fraction of sp³-hybridized carbons (Fsp3) is 0.909. The monoisotopic (exact) mass is 370 g/mol. The number of ether oxygens (including phenoxy) is 2. The highest BCUT2D eigenvalue weighted by atomic mass is 16.5. The Hall–Kier alpha value is -1.06. The van der Waals surface area contributed by atoms with Crippen LogP contribution in [0.3, 0.4) is 0 Å². The molecule has 0 saturated carbocycles. The van der Waals surface area contributed by atoms with E-state index in [0.29, 0.717) is 32.0 Å². The maximum Gasteiger partial charge on any atom is 0.305 e. The van der Waals surface area contributed by atoms with Crippen LogP contribution in [0, 0.1) is 5.92 Å². The van der Waals surface area contributed by atoms with Gasteiger partial charge in [0.1, 0.15) is 0 Å². The Balaban J connectivity index is 3.33. The lowest BCUT2D eigenvalue weighted by Gasteiger charge is -2.09. The summed E-state index contributed by atoms with van der Waals surface area (Å²) in [5.41, 5.74) is 0. The van der Waals surface area contributed by atoms with Crippen LogP contribution in [0.2, 0.25) is 0 Å². The van der Waals surface area contributed by atoms with Crippen molar-refractivity contribution in [3.8, 4) is 0 Å². The average molecular weight is 371 g/mol. The predicted octanol–water partition coefficient (Wildman–Crippen LogP) is 6.21. The summed E-state index contributed by atoms with van der Waals surface area (Å²) in [5, 5.41) is 0. The van der Waals surface area contributed by atoms with Gasteiger partial charge in [0.25, 0.3) is 0 Å². The van der Waals surface area contributed by atoms with Crippen LogP contribution in [0.1, 0.15) is 111 Å². The Morgan fingerprint density at radius 1 is 0.692 bits per heavy atom. The first-order chi connectivity index (χ1) is 12.6. The van der Waals surface area contributed by atoms with Gasteiger partial charge in [0, 0.05) is 12.8 Å². The van der Waals surface area contributed by atoms with E-state index in [1.165, 1.54) is 38.5 Å². The molecule has 0 aliphatic rings. The van der Waals surface area contributed by atoms with E-state index in [1.54, 1.807) is 0 Å². The van der Waals surface area contributed by atoms with Gasteiger partial charge < -0.3 is 9.47 Å². The molecule has 0 aliphatic carbocycles. The van der Waals surface area contributed by atoms with Crippen LogP contribution in [0.4, 0.5) is 0 Å². The molecule has 0 aromatic heterocycles. The minimum Gasteiger partial charge on any atom is -0.466 e. The van der Waals surface area contributed by atoms with Gasteiger partial charge in [-0.2, -0.15) is 0 Å². The third kappa shape index (κ3) is 17.8. The van der Waals surface area contributed by atoms with Gasteiger partial charge in [0.15, 0.2) is 0 Å². The van der Waals surface area contributed by atoms with Gasteiger partial charge in [0.05, 0.1) is 13.2 Å². The average Bonchev–Trinajstić information content (AvgIpc) is 2.64. The summed E-state index contributed by atoms with van der Waals surface area (Å²) in [6.07, 6.45) is 14.3. The van der Waals surface area contributed by atoms with Gasteiger partial charge in [-0.05, 0) is 25.2 Å². The van der Waals surface area contributed by atoms with E-state index in [4.69, 9.17) is 9.47 Å². The number of rotatable bonds is 18. The van der Waals surface area contributed by atoms with Crippen molar-refractivity contribution in [1.29, 1.82) is 0 Å². The van der Waals surface area contributed by atoms with Gasteiger partial charge >= 0.3 is 11.9 Å². The fourth-order valence-electron chi connectivity index (χ4n) is 2.63. The molecule has 0 amide bonds. The largest absolute Gasteiger partial charge is 0.466 e.